The van der Waals surface area contributed by atoms with Crippen LogP contribution in [0.4, 0.5) is 0 Å². The molecule has 0 saturated heterocycles. The van der Waals surface area contributed by atoms with Crippen molar-refractivity contribution in [1.82, 2.24) is 5.32 Å². The number of nitrogens with two attached hydrogens (primary N) is 1. The third kappa shape index (κ3) is 5.43. The van der Waals surface area contributed by atoms with Crippen LogP contribution in [0.5, 0.6) is 0 Å². The third-order valence-electron chi connectivity index (χ3n) is 1.35. The van der Waals surface area contributed by atoms with Gasteiger partial charge in [0.1, 0.15) is 0 Å². The first kappa shape index (κ1) is 9.99. The molecule has 0 aromatic rings. The second kappa shape index (κ2) is 5.75. The monoisotopic (exact) mass is 154 g/mol. The number of carbonyl (C=O) groups is 1. The fraction of sp³-hybridized carbons (Fsp3) is 0.625. The van der Waals surface area contributed by atoms with Crippen molar-refractivity contribution in [1.29, 1.82) is 0 Å². The van der Waals surface area contributed by atoms with E-state index in [2.05, 4.69) is 11.2 Å². The Hall–Kier alpha value is -1.01. The van der Waals surface area contributed by atoms with Gasteiger partial charge in [-0.1, -0.05) is 12.8 Å². The minimum atomic E-state index is -0.128. The van der Waals surface area contributed by atoms with E-state index in [1.807, 2.05) is 6.92 Å². The van der Waals surface area contributed by atoms with Crippen LogP contribution in [0.2, 0.25) is 0 Å². The number of amides is 1. The molecule has 3 heteroatoms. The molecule has 0 heterocycles. The Balaban J connectivity index is 3.39. The molecule has 0 aromatic carbocycles. The lowest BCUT2D eigenvalue weighted by Gasteiger charge is -2.08. The van der Waals surface area contributed by atoms with Crippen LogP contribution in [-0.4, -0.2) is 18.5 Å². The van der Waals surface area contributed by atoms with Crippen LogP contribution in [0.25, 0.3) is 0 Å². The van der Waals surface area contributed by atoms with Crippen molar-refractivity contribution in [3.05, 3.63) is 0 Å². The molecule has 0 aliphatic carbocycles. The molecule has 0 bridgehead atoms. The third-order valence-corrected chi connectivity index (χ3v) is 1.35. The second-order valence-electron chi connectivity index (χ2n) is 2.35. The number of rotatable bonds is 4. The van der Waals surface area contributed by atoms with Gasteiger partial charge in [0.25, 0.3) is 0 Å². The van der Waals surface area contributed by atoms with Crippen molar-refractivity contribution in [3.8, 4) is 12.3 Å². The summed E-state index contributed by atoms with van der Waals surface area (Å²) in [5, 5.41) is 2.63. The van der Waals surface area contributed by atoms with Gasteiger partial charge in [0.05, 0.1) is 6.42 Å². The molecule has 0 spiro atoms. The molecule has 11 heavy (non-hydrogen) atoms. The van der Waals surface area contributed by atoms with Crippen LogP contribution < -0.4 is 11.1 Å². The van der Waals surface area contributed by atoms with Crippen LogP contribution in [0, 0.1) is 12.3 Å². The zero-order valence-corrected chi connectivity index (χ0v) is 6.76. The summed E-state index contributed by atoms with van der Waals surface area (Å²) in [6.45, 7) is 2.48. The minimum absolute atomic E-state index is 0.0386. The molecule has 0 radical (unpaired) electrons. The van der Waals surface area contributed by atoms with Gasteiger partial charge in [-0.2, -0.15) is 0 Å². The topological polar surface area (TPSA) is 55.1 Å². The first-order chi connectivity index (χ1) is 5.20. The predicted molar refractivity (Wildman–Crippen MR) is 44.7 cm³/mol. The Labute approximate surface area is 67.3 Å². The predicted octanol–water partition coefficient (Wildman–Crippen LogP) is -0.137. The van der Waals surface area contributed by atoms with Gasteiger partial charge >= 0.3 is 0 Å². The zero-order chi connectivity index (χ0) is 8.69. The molecule has 62 valence electrons. The number of terminal acetylenes is 1. The maximum atomic E-state index is 10.8. The molecule has 3 nitrogen and oxygen atoms in total. The Bertz CT molecular complexity index is 160. The Kier molecular flexibility index (Phi) is 5.22. The summed E-state index contributed by atoms with van der Waals surface area (Å²) in [5.41, 5.74) is 5.55. The summed E-state index contributed by atoms with van der Waals surface area (Å²) in [6.07, 6.45) is 5.92. The Morgan fingerprint density at radius 3 is 2.91 bits per heavy atom. The molecule has 0 aliphatic rings. The summed E-state index contributed by atoms with van der Waals surface area (Å²) in [4.78, 5) is 10.8. The quantitative estimate of drug-likeness (QED) is 0.554. The van der Waals surface area contributed by atoms with Gasteiger partial charge in [-0.3, -0.25) is 4.79 Å². The van der Waals surface area contributed by atoms with Crippen molar-refractivity contribution in [2.75, 3.05) is 6.54 Å². The van der Waals surface area contributed by atoms with Gasteiger partial charge in [-0.15, -0.1) is 6.42 Å². The van der Waals surface area contributed by atoms with E-state index in [1.54, 1.807) is 0 Å². The van der Waals surface area contributed by atoms with Crippen molar-refractivity contribution >= 4 is 5.91 Å². The van der Waals surface area contributed by atoms with E-state index in [0.717, 1.165) is 6.42 Å². The van der Waals surface area contributed by atoms with E-state index in [9.17, 15) is 4.79 Å². The van der Waals surface area contributed by atoms with Crippen molar-refractivity contribution < 1.29 is 4.79 Å². The summed E-state index contributed by atoms with van der Waals surface area (Å²) in [7, 11) is 0. The highest BCUT2D eigenvalue weighted by atomic mass is 16.1. The number of hydrogen-bond donors (Lipinski definition) is 2. The second-order valence-corrected chi connectivity index (χ2v) is 2.35. The number of carbonyl (C=O) groups excluding carboxylic acids is 1. The number of nitrogens with one attached hydrogen (secondary N) is 1. The molecular weight excluding hydrogens is 140 g/mol. The van der Waals surface area contributed by atoms with Gasteiger partial charge in [0.2, 0.25) is 5.91 Å². The van der Waals surface area contributed by atoms with E-state index in [-0.39, 0.29) is 18.4 Å². The lowest BCUT2D eigenvalue weighted by Crippen LogP contribution is -2.36. The summed E-state index contributed by atoms with van der Waals surface area (Å²) in [5.74, 6) is 2.13. The molecular formula is C8H14N2O. The lowest BCUT2D eigenvalue weighted by molar-refractivity contribution is -0.120. The van der Waals surface area contributed by atoms with Crippen molar-refractivity contribution in [2.45, 2.75) is 25.8 Å². The van der Waals surface area contributed by atoms with Crippen LogP contribution in [0.15, 0.2) is 0 Å². The molecule has 0 fully saturated rings. The molecule has 0 saturated carbocycles. The van der Waals surface area contributed by atoms with Crippen LogP contribution >= 0.6 is 0 Å². The van der Waals surface area contributed by atoms with Gasteiger partial charge in [0, 0.05) is 12.6 Å². The van der Waals surface area contributed by atoms with Gasteiger partial charge in [0.15, 0.2) is 0 Å². The van der Waals surface area contributed by atoms with Gasteiger partial charge in [-0.05, 0) is 6.42 Å². The summed E-state index contributed by atoms with van der Waals surface area (Å²) in [6, 6.07) is 0.0386. The average Bonchev–Trinajstić information content (AvgIpc) is 2.01. The fourth-order valence-electron chi connectivity index (χ4n) is 0.544. The maximum Gasteiger partial charge on any atom is 0.232 e. The average molecular weight is 154 g/mol. The highest BCUT2D eigenvalue weighted by Crippen LogP contribution is 1.83. The van der Waals surface area contributed by atoms with Gasteiger partial charge < -0.3 is 11.1 Å². The molecule has 1 unspecified atom stereocenters. The smallest absolute Gasteiger partial charge is 0.232 e. The molecule has 1 atom stereocenters. The first-order valence-electron chi connectivity index (χ1n) is 3.66. The molecule has 0 aromatic heterocycles. The summed E-state index contributed by atoms with van der Waals surface area (Å²) >= 11 is 0. The van der Waals surface area contributed by atoms with Gasteiger partial charge in [-0.25, -0.2) is 0 Å². The van der Waals surface area contributed by atoms with E-state index < -0.39 is 0 Å². The normalized spacial score (nSPS) is 11.7. The maximum absolute atomic E-state index is 10.8. The minimum Gasteiger partial charge on any atom is -0.354 e. The molecule has 3 N–H and O–H groups in total. The Morgan fingerprint density at radius 2 is 2.45 bits per heavy atom. The van der Waals surface area contributed by atoms with E-state index in [0.29, 0.717) is 6.54 Å². The SMILES string of the molecule is C#CCC(=O)NCC(N)CC. The fourth-order valence-corrected chi connectivity index (χ4v) is 0.544. The van der Waals surface area contributed by atoms with E-state index in [1.165, 1.54) is 0 Å². The standard InChI is InChI=1S/C8H14N2O/c1-3-5-8(11)10-6-7(9)4-2/h1,7H,4-6,9H2,2H3,(H,10,11). The van der Waals surface area contributed by atoms with Crippen LogP contribution in [0.1, 0.15) is 19.8 Å². The Morgan fingerprint density at radius 1 is 1.82 bits per heavy atom. The van der Waals surface area contributed by atoms with Crippen LogP contribution in [-0.2, 0) is 4.79 Å². The molecule has 0 rings (SSSR count). The lowest BCUT2D eigenvalue weighted by atomic mass is 10.2. The highest BCUT2D eigenvalue weighted by molar-refractivity contribution is 5.78. The number of hydrogen-bond acceptors (Lipinski definition) is 2. The van der Waals surface area contributed by atoms with Crippen molar-refractivity contribution in [3.63, 3.8) is 0 Å². The highest BCUT2D eigenvalue weighted by Gasteiger charge is 2.01. The zero-order valence-electron chi connectivity index (χ0n) is 6.76. The van der Waals surface area contributed by atoms with Crippen LogP contribution in [0.3, 0.4) is 0 Å². The molecule has 1 amide bonds. The van der Waals surface area contributed by atoms with Crippen molar-refractivity contribution in [2.24, 2.45) is 5.73 Å². The molecule has 0 aliphatic heterocycles. The first-order valence-corrected chi connectivity index (χ1v) is 3.66. The largest absolute Gasteiger partial charge is 0.354 e. The van der Waals surface area contributed by atoms with E-state index in [4.69, 9.17) is 12.2 Å². The summed E-state index contributed by atoms with van der Waals surface area (Å²) < 4.78 is 0. The van der Waals surface area contributed by atoms with E-state index >= 15 is 0 Å².